The van der Waals surface area contributed by atoms with Gasteiger partial charge in [-0.05, 0) is 0 Å². The molecule has 0 saturated heterocycles. The van der Waals surface area contributed by atoms with Crippen molar-refractivity contribution in [2.45, 2.75) is 16.6 Å². The summed E-state index contributed by atoms with van der Waals surface area (Å²) >= 11 is -2.19. The molecule has 2 N–H and O–H groups in total. The van der Waals surface area contributed by atoms with E-state index in [0.717, 1.165) is 0 Å². The third-order valence-electron chi connectivity index (χ3n) is 0.647. The van der Waals surface area contributed by atoms with E-state index in [1.165, 1.54) is 0 Å². The Labute approximate surface area is 47.0 Å². The van der Waals surface area contributed by atoms with E-state index in [-0.39, 0.29) is 6.61 Å². The van der Waals surface area contributed by atoms with Gasteiger partial charge in [-0.2, -0.15) is 0 Å². The first kappa shape index (κ1) is 7.48. The van der Waals surface area contributed by atoms with Crippen LogP contribution in [0, 0.1) is 0 Å². The summed E-state index contributed by atoms with van der Waals surface area (Å²) in [4.78, 5) is 0. The second kappa shape index (κ2) is 2.70. The molecule has 0 fully saturated rings. The molecule has 0 radical (unpaired) electrons. The zero-order valence-corrected chi connectivity index (χ0v) is 6.63. The van der Waals surface area contributed by atoms with Crippen molar-refractivity contribution >= 4 is 13.9 Å². The first-order valence-electron chi connectivity index (χ1n) is 2.23. The zero-order chi connectivity index (χ0) is 5.91. The summed E-state index contributed by atoms with van der Waals surface area (Å²) in [5.41, 5.74) is 3.68. The van der Waals surface area contributed by atoms with Crippen molar-refractivity contribution in [1.82, 2.24) is 0 Å². The average Bonchev–Trinajstić information content (AvgIpc) is 1.30. The Bertz CT molecular complexity index is 48.1. The van der Waals surface area contributed by atoms with Crippen LogP contribution in [0.1, 0.15) is 0 Å². The molecule has 0 aliphatic carbocycles. The molecule has 0 spiro atoms. The number of rotatable bonds is 2. The van der Waals surface area contributed by atoms with Gasteiger partial charge in [0.2, 0.25) is 0 Å². The molecular formula is C4H12AsO2+. The summed E-state index contributed by atoms with van der Waals surface area (Å²) in [5, 5.41) is 8.91. The molecule has 0 amide bonds. The van der Waals surface area contributed by atoms with Crippen LogP contribution >= 0.6 is 0 Å². The van der Waals surface area contributed by atoms with E-state index in [9.17, 15) is 0 Å². The molecule has 0 aromatic rings. The zero-order valence-electron chi connectivity index (χ0n) is 4.76. The number of aliphatic hydroxyl groups is 1. The molecule has 0 saturated carbocycles. The fourth-order valence-electron chi connectivity index (χ4n) is 0.245. The molecule has 0 heterocycles. The van der Waals surface area contributed by atoms with Crippen LogP contribution < -0.4 is 0 Å². The average molecular weight is 167 g/mol. The Hall–Kier alpha value is 0.478. The molecule has 3 heteroatoms. The van der Waals surface area contributed by atoms with Crippen molar-refractivity contribution in [3.63, 3.8) is 0 Å². The van der Waals surface area contributed by atoms with Crippen molar-refractivity contribution in [3.8, 4) is 0 Å². The Balaban J connectivity index is 3.15. The minimum atomic E-state index is -2.19. The molecule has 44 valence electrons. The number of hydrogen-bond donors (Lipinski definition) is 2. The van der Waals surface area contributed by atoms with Crippen LogP contribution in [-0.2, 0) is 0 Å². The van der Waals surface area contributed by atoms with Crippen LogP contribution in [-0.4, -0.2) is 29.7 Å². The molecule has 0 aromatic carbocycles. The summed E-state index contributed by atoms with van der Waals surface area (Å²) in [6, 6.07) is 0. The fraction of sp³-hybridized carbons (Fsp3) is 1.00. The quantitative estimate of drug-likeness (QED) is 0.576. The minimum absolute atomic E-state index is 0.135. The van der Waals surface area contributed by atoms with Gasteiger partial charge >= 0.3 is 46.3 Å². The van der Waals surface area contributed by atoms with Crippen molar-refractivity contribution in [1.29, 1.82) is 0 Å². The number of aliphatic hydroxyl groups excluding tert-OH is 1. The van der Waals surface area contributed by atoms with Gasteiger partial charge in [-0.3, -0.25) is 0 Å². The van der Waals surface area contributed by atoms with Gasteiger partial charge in [-0.1, -0.05) is 0 Å². The summed E-state index contributed by atoms with van der Waals surface area (Å²) in [7, 11) is 0. The Morgan fingerprint density at radius 3 is 1.86 bits per heavy atom. The van der Waals surface area contributed by atoms with Gasteiger partial charge in [-0.15, -0.1) is 0 Å². The first-order valence-corrected chi connectivity index (χ1v) is 8.15. The Morgan fingerprint density at radius 1 is 1.43 bits per heavy atom. The standard InChI is InChI=1S/C4H12AsO2/c1-5(2,7)3-4-6/h6-7H,3-4H2,1-2H3/q+1. The predicted molar refractivity (Wildman–Crippen MR) is 31.6 cm³/mol. The van der Waals surface area contributed by atoms with Gasteiger partial charge in [0, 0.05) is 0 Å². The monoisotopic (exact) mass is 167 g/mol. The third-order valence-corrected chi connectivity index (χ3v) is 3.36. The fourth-order valence-corrected chi connectivity index (χ4v) is 1.27. The van der Waals surface area contributed by atoms with Crippen molar-refractivity contribution < 1.29 is 9.20 Å². The summed E-state index contributed by atoms with van der Waals surface area (Å²) in [5.74, 6) is 0. The molecular weight excluding hydrogens is 155 g/mol. The van der Waals surface area contributed by atoms with Gasteiger partial charge in [-0.25, -0.2) is 0 Å². The molecule has 0 aliphatic heterocycles. The normalized spacial score (nSPS) is 12.0. The molecule has 7 heavy (non-hydrogen) atoms. The van der Waals surface area contributed by atoms with Crippen LogP contribution in [0.2, 0.25) is 16.6 Å². The van der Waals surface area contributed by atoms with Crippen molar-refractivity contribution in [2.75, 3.05) is 6.61 Å². The van der Waals surface area contributed by atoms with Crippen LogP contribution in [0.3, 0.4) is 0 Å². The van der Waals surface area contributed by atoms with Gasteiger partial charge < -0.3 is 0 Å². The van der Waals surface area contributed by atoms with E-state index in [1.54, 1.807) is 0 Å². The topological polar surface area (TPSA) is 40.5 Å². The van der Waals surface area contributed by atoms with E-state index < -0.39 is 13.9 Å². The van der Waals surface area contributed by atoms with Crippen LogP contribution in [0.25, 0.3) is 0 Å². The maximum absolute atomic E-state index is 9.03. The number of hydrogen-bond acceptors (Lipinski definition) is 2. The van der Waals surface area contributed by atoms with Gasteiger partial charge in [0.1, 0.15) is 0 Å². The molecule has 0 aromatic heterocycles. The Kier molecular flexibility index (Phi) is 2.89. The maximum atomic E-state index is 9.03. The summed E-state index contributed by atoms with van der Waals surface area (Å²) in [6.07, 6.45) is 0. The van der Waals surface area contributed by atoms with E-state index in [0.29, 0.717) is 5.21 Å². The Morgan fingerprint density at radius 2 is 1.86 bits per heavy atom. The predicted octanol–water partition coefficient (Wildman–Crippen LogP) is 0.176. The van der Waals surface area contributed by atoms with Gasteiger partial charge in [0.05, 0.1) is 0 Å². The third kappa shape index (κ3) is 6.48. The molecule has 0 rings (SSSR count). The van der Waals surface area contributed by atoms with E-state index >= 15 is 0 Å². The van der Waals surface area contributed by atoms with Crippen LogP contribution in [0.15, 0.2) is 0 Å². The second-order valence-electron chi connectivity index (χ2n) is 2.07. The van der Waals surface area contributed by atoms with Gasteiger partial charge in [0.25, 0.3) is 0 Å². The van der Waals surface area contributed by atoms with Crippen LogP contribution in [0.5, 0.6) is 0 Å². The molecule has 0 aliphatic rings. The van der Waals surface area contributed by atoms with E-state index in [4.69, 9.17) is 9.20 Å². The molecule has 0 bridgehead atoms. The molecule has 0 unspecified atom stereocenters. The first-order chi connectivity index (χ1) is 3.06. The second-order valence-corrected chi connectivity index (χ2v) is 9.81. The molecule has 0 atom stereocenters. The molecule has 2 nitrogen and oxygen atoms in total. The van der Waals surface area contributed by atoms with Crippen molar-refractivity contribution in [2.24, 2.45) is 0 Å². The van der Waals surface area contributed by atoms with E-state index in [2.05, 4.69) is 0 Å². The SMILES string of the molecule is C[As+](C)(O)CCO. The van der Waals surface area contributed by atoms with Crippen LogP contribution in [0.4, 0.5) is 0 Å². The summed E-state index contributed by atoms with van der Waals surface area (Å²) < 4.78 is 9.03. The van der Waals surface area contributed by atoms with E-state index in [1.807, 2.05) is 11.4 Å². The van der Waals surface area contributed by atoms with Crippen molar-refractivity contribution in [3.05, 3.63) is 0 Å². The summed E-state index contributed by atoms with van der Waals surface area (Å²) in [6.45, 7) is 0.135. The van der Waals surface area contributed by atoms with Gasteiger partial charge in [0.15, 0.2) is 0 Å².